The molecule has 0 radical (unpaired) electrons. The van der Waals surface area contributed by atoms with Gasteiger partial charge >= 0.3 is 5.97 Å². The summed E-state index contributed by atoms with van der Waals surface area (Å²) >= 11 is 5.95. The molecular formula is C18H18ClN3O6S. The maximum absolute atomic E-state index is 12.1. The molecule has 154 valence electrons. The van der Waals surface area contributed by atoms with E-state index >= 15 is 0 Å². The SMILES string of the molecule is CN(CC(=O)Nc1ccccc1Cl)C(=O)COC(=O)c1ccc(S(N)(=O)=O)cc1. The number of anilines is 1. The molecule has 0 aliphatic rings. The van der Waals surface area contributed by atoms with Crippen molar-refractivity contribution in [1.29, 1.82) is 0 Å². The van der Waals surface area contributed by atoms with E-state index in [-0.39, 0.29) is 17.0 Å². The average Bonchev–Trinajstić information content (AvgIpc) is 2.67. The molecule has 9 nitrogen and oxygen atoms in total. The predicted octanol–water partition coefficient (Wildman–Crippen LogP) is 1.24. The Labute approximate surface area is 172 Å². The third-order valence-corrected chi connectivity index (χ3v) is 4.96. The first kappa shape index (κ1) is 22.3. The van der Waals surface area contributed by atoms with E-state index in [1.165, 1.54) is 19.2 Å². The van der Waals surface area contributed by atoms with Crippen LogP contribution in [0.2, 0.25) is 5.02 Å². The third kappa shape index (κ3) is 6.56. The van der Waals surface area contributed by atoms with Gasteiger partial charge in [-0.25, -0.2) is 18.4 Å². The number of nitrogens with two attached hydrogens (primary N) is 1. The number of sulfonamides is 1. The smallest absolute Gasteiger partial charge is 0.338 e. The molecule has 2 rings (SSSR count). The van der Waals surface area contributed by atoms with E-state index in [2.05, 4.69) is 5.32 Å². The van der Waals surface area contributed by atoms with Gasteiger partial charge < -0.3 is 15.0 Å². The van der Waals surface area contributed by atoms with Crippen molar-refractivity contribution in [3.8, 4) is 0 Å². The van der Waals surface area contributed by atoms with Gasteiger partial charge in [0.15, 0.2) is 6.61 Å². The van der Waals surface area contributed by atoms with E-state index in [1.54, 1.807) is 24.3 Å². The van der Waals surface area contributed by atoms with Gasteiger partial charge in [-0.3, -0.25) is 9.59 Å². The van der Waals surface area contributed by atoms with Crippen molar-refractivity contribution in [3.05, 3.63) is 59.1 Å². The Hall–Kier alpha value is -2.95. The van der Waals surface area contributed by atoms with Crippen molar-refractivity contribution >= 4 is 45.1 Å². The fraction of sp³-hybridized carbons (Fsp3) is 0.167. The van der Waals surface area contributed by atoms with Gasteiger partial charge in [0.05, 0.1) is 27.7 Å². The minimum absolute atomic E-state index is 0.0457. The number of nitrogens with one attached hydrogen (secondary N) is 1. The van der Waals surface area contributed by atoms with Gasteiger partial charge in [0.25, 0.3) is 5.91 Å². The first-order valence-corrected chi connectivity index (χ1v) is 10.1. The zero-order chi connectivity index (χ0) is 21.6. The zero-order valence-corrected chi connectivity index (χ0v) is 16.9. The highest BCUT2D eigenvalue weighted by molar-refractivity contribution is 7.89. The van der Waals surface area contributed by atoms with Crippen LogP contribution >= 0.6 is 11.6 Å². The second-order valence-corrected chi connectivity index (χ2v) is 7.89. The molecule has 2 aromatic rings. The largest absolute Gasteiger partial charge is 0.452 e. The number of halogens is 1. The number of hydrogen-bond donors (Lipinski definition) is 2. The Balaban J connectivity index is 1.85. The first-order chi connectivity index (χ1) is 13.6. The van der Waals surface area contributed by atoms with Crippen LogP contribution in [-0.4, -0.2) is 51.3 Å². The van der Waals surface area contributed by atoms with Crippen LogP contribution < -0.4 is 10.5 Å². The summed E-state index contributed by atoms with van der Waals surface area (Å²) in [5.41, 5.74) is 0.457. The number of likely N-dealkylation sites (N-methyl/N-ethyl adjacent to an activating group) is 1. The quantitative estimate of drug-likeness (QED) is 0.623. The monoisotopic (exact) mass is 439 g/mol. The summed E-state index contributed by atoms with van der Waals surface area (Å²) in [4.78, 5) is 37.0. The lowest BCUT2D eigenvalue weighted by atomic mass is 10.2. The fourth-order valence-corrected chi connectivity index (χ4v) is 2.86. The molecule has 3 N–H and O–H groups in total. The number of ether oxygens (including phenoxy) is 1. The molecule has 0 unspecified atom stereocenters. The number of carbonyl (C=O) groups excluding carboxylic acids is 3. The highest BCUT2D eigenvalue weighted by Gasteiger charge is 2.17. The Bertz CT molecular complexity index is 1020. The molecule has 0 aromatic heterocycles. The van der Waals surface area contributed by atoms with E-state index in [9.17, 15) is 22.8 Å². The van der Waals surface area contributed by atoms with Crippen LogP contribution in [0.4, 0.5) is 5.69 Å². The summed E-state index contributed by atoms with van der Waals surface area (Å²) in [6.45, 7) is -0.865. The molecule has 29 heavy (non-hydrogen) atoms. The first-order valence-electron chi connectivity index (χ1n) is 8.16. The Morgan fingerprint density at radius 2 is 1.72 bits per heavy atom. The Morgan fingerprint density at radius 3 is 2.31 bits per heavy atom. The van der Waals surface area contributed by atoms with Gasteiger partial charge in [-0.05, 0) is 36.4 Å². The van der Waals surface area contributed by atoms with Crippen LogP contribution in [0.3, 0.4) is 0 Å². The molecule has 0 bridgehead atoms. The zero-order valence-electron chi connectivity index (χ0n) is 15.3. The van der Waals surface area contributed by atoms with Gasteiger partial charge in [-0.2, -0.15) is 0 Å². The van der Waals surface area contributed by atoms with Crippen molar-refractivity contribution in [2.24, 2.45) is 5.14 Å². The Morgan fingerprint density at radius 1 is 1.10 bits per heavy atom. The highest BCUT2D eigenvalue weighted by Crippen LogP contribution is 2.20. The average molecular weight is 440 g/mol. The number of amides is 2. The summed E-state index contributed by atoms with van der Waals surface area (Å²) in [5, 5.41) is 7.91. The number of rotatable bonds is 7. The number of carbonyl (C=O) groups is 3. The number of benzene rings is 2. The van der Waals surface area contributed by atoms with E-state index in [0.717, 1.165) is 17.0 Å². The molecule has 0 spiro atoms. The molecule has 2 amide bonds. The predicted molar refractivity (Wildman–Crippen MR) is 106 cm³/mol. The topological polar surface area (TPSA) is 136 Å². The minimum Gasteiger partial charge on any atom is -0.452 e. The summed E-state index contributed by atoms with van der Waals surface area (Å²) in [6, 6.07) is 11.4. The van der Waals surface area contributed by atoms with E-state index in [4.69, 9.17) is 21.5 Å². The summed E-state index contributed by atoms with van der Waals surface area (Å²) in [6.07, 6.45) is 0. The molecule has 2 aromatic carbocycles. The number of esters is 1. The maximum Gasteiger partial charge on any atom is 0.338 e. The summed E-state index contributed by atoms with van der Waals surface area (Å²) in [7, 11) is -2.50. The second-order valence-electron chi connectivity index (χ2n) is 5.92. The molecule has 0 heterocycles. The van der Waals surface area contributed by atoms with E-state index in [0.29, 0.717) is 10.7 Å². The molecule has 0 aliphatic carbocycles. The standard InChI is InChI=1S/C18H18ClN3O6S/c1-22(10-16(23)21-15-5-3-2-4-14(15)19)17(24)11-28-18(25)12-6-8-13(9-7-12)29(20,26)27/h2-9H,10-11H2,1H3,(H,21,23)(H2,20,26,27). The van der Waals surface area contributed by atoms with Gasteiger partial charge in [0.2, 0.25) is 15.9 Å². The van der Waals surface area contributed by atoms with Crippen molar-refractivity contribution in [1.82, 2.24) is 4.90 Å². The van der Waals surface area contributed by atoms with Gasteiger partial charge in [0, 0.05) is 7.05 Å². The van der Waals surface area contributed by atoms with Crippen LogP contribution in [0.15, 0.2) is 53.4 Å². The van der Waals surface area contributed by atoms with E-state index < -0.39 is 34.4 Å². The maximum atomic E-state index is 12.1. The van der Waals surface area contributed by atoms with Gasteiger partial charge in [-0.1, -0.05) is 23.7 Å². The van der Waals surface area contributed by atoms with E-state index in [1.807, 2.05) is 0 Å². The van der Waals surface area contributed by atoms with Crippen LogP contribution in [-0.2, 0) is 24.3 Å². The van der Waals surface area contributed by atoms with Crippen molar-refractivity contribution in [2.75, 3.05) is 25.5 Å². The summed E-state index contributed by atoms with van der Waals surface area (Å²) < 4.78 is 27.3. The highest BCUT2D eigenvalue weighted by atomic mass is 35.5. The Kier molecular flexibility index (Phi) is 7.32. The number of hydrogen-bond acceptors (Lipinski definition) is 6. The van der Waals surface area contributed by atoms with Crippen LogP contribution in [0.1, 0.15) is 10.4 Å². The van der Waals surface area contributed by atoms with Crippen molar-refractivity contribution in [2.45, 2.75) is 4.90 Å². The molecule has 0 saturated heterocycles. The molecule has 0 saturated carbocycles. The summed E-state index contributed by atoms with van der Waals surface area (Å²) in [5.74, 6) is -1.90. The lowest BCUT2D eigenvalue weighted by molar-refractivity contribution is -0.136. The lowest BCUT2D eigenvalue weighted by Crippen LogP contribution is -2.37. The molecule has 0 atom stereocenters. The molecule has 0 aliphatic heterocycles. The minimum atomic E-state index is -3.88. The fourth-order valence-electron chi connectivity index (χ4n) is 2.16. The van der Waals surface area contributed by atoms with Crippen molar-refractivity contribution < 1.29 is 27.5 Å². The van der Waals surface area contributed by atoms with Crippen LogP contribution in [0.5, 0.6) is 0 Å². The lowest BCUT2D eigenvalue weighted by Gasteiger charge is -2.17. The van der Waals surface area contributed by atoms with Crippen LogP contribution in [0, 0.1) is 0 Å². The van der Waals surface area contributed by atoms with Gasteiger partial charge in [0.1, 0.15) is 0 Å². The molecular weight excluding hydrogens is 422 g/mol. The third-order valence-electron chi connectivity index (χ3n) is 3.70. The number of primary sulfonamides is 1. The normalized spacial score (nSPS) is 10.9. The second kappa shape index (κ2) is 9.50. The van der Waals surface area contributed by atoms with Crippen LogP contribution in [0.25, 0.3) is 0 Å². The molecule has 0 fully saturated rings. The number of nitrogens with zero attached hydrogens (tertiary/aromatic N) is 1. The number of para-hydroxylation sites is 1. The van der Waals surface area contributed by atoms with Gasteiger partial charge in [-0.15, -0.1) is 0 Å². The molecule has 11 heteroatoms. The van der Waals surface area contributed by atoms with Crippen molar-refractivity contribution in [3.63, 3.8) is 0 Å².